The maximum Gasteiger partial charge on any atom is 0.332 e. The zero-order chi connectivity index (χ0) is 15.3. The summed E-state index contributed by atoms with van der Waals surface area (Å²) < 4.78 is 4.71. The first-order valence-electron chi connectivity index (χ1n) is 6.82. The SMILES string of the molecule is CCOC(=O)C(N)C(=O)N1CCC(CC)(C(=O)O)CC1. The highest BCUT2D eigenvalue weighted by atomic mass is 16.5. The first-order valence-corrected chi connectivity index (χ1v) is 6.82. The molecule has 1 aliphatic rings. The summed E-state index contributed by atoms with van der Waals surface area (Å²) in [6.45, 7) is 4.23. The normalized spacial score (nSPS) is 19.2. The van der Waals surface area contributed by atoms with E-state index in [9.17, 15) is 19.5 Å². The van der Waals surface area contributed by atoms with Crippen LogP contribution >= 0.6 is 0 Å². The number of piperidine rings is 1. The number of nitrogens with zero attached hydrogens (tertiary/aromatic N) is 1. The summed E-state index contributed by atoms with van der Waals surface area (Å²) in [6.07, 6.45) is 1.27. The van der Waals surface area contributed by atoms with E-state index in [0.717, 1.165) is 0 Å². The second-order valence-corrected chi connectivity index (χ2v) is 4.99. The molecule has 0 aliphatic carbocycles. The molecule has 1 heterocycles. The van der Waals surface area contributed by atoms with Gasteiger partial charge in [-0.25, -0.2) is 4.79 Å². The van der Waals surface area contributed by atoms with Gasteiger partial charge in [0.05, 0.1) is 12.0 Å². The molecule has 1 amide bonds. The van der Waals surface area contributed by atoms with Crippen LogP contribution < -0.4 is 5.73 Å². The van der Waals surface area contributed by atoms with Crippen molar-refractivity contribution in [3.8, 4) is 0 Å². The van der Waals surface area contributed by atoms with Gasteiger partial charge in [0.25, 0.3) is 5.91 Å². The van der Waals surface area contributed by atoms with Gasteiger partial charge in [0, 0.05) is 13.1 Å². The molecule has 1 saturated heterocycles. The second kappa shape index (κ2) is 6.69. The van der Waals surface area contributed by atoms with E-state index in [1.807, 2.05) is 6.92 Å². The Labute approximate surface area is 118 Å². The molecule has 1 rings (SSSR count). The number of carbonyl (C=O) groups is 3. The van der Waals surface area contributed by atoms with Gasteiger partial charge < -0.3 is 20.5 Å². The first-order chi connectivity index (χ1) is 9.38. The number of carbonyl (C=O) groups excluding carboxylic acids is 2. The van der Waals surface area contributed by atoms with Gasteiger partial charge in [-0.2, -0.15) is 0 Å². The van der Waals surface area contributed by atoms with Crippen LogP contribution in [0.2, 0.25) is 0 Å². The number of carboxylic acid groups (broad SMARTS) is 1. The summed E-state index contributed by atoms with van der Waals surface area (Å²) in [4.78, 5) is 36.2. The van der Waals surface area contributed by atoms with Crippen molar-refractivity contribution in [2.75, 3.05) is 19.7 Å². The van der Waals surface area contributed by atoms with Crippen LogP contribution in [-0.4, -0.2) is 53.6 Å². The number of aliphatic carboxylic acids is 1. The van der Waals surface area contributed by atoms with Crippen molar-refractivity contribution in [1.29, 1.82) is 0 Å². The van der Waals surface area contributed by atoms with Crippen LogP contribution in [0.25, 0.3) is 0 Å². The van der Waals surface area contributed by atoms with Crippen molar-refractivity contribution in [1.82, 2.24) is 4.90 Å². The molecule has 3 N–H and O–H groups in total. The van der Waals surface area contributed by atoms with Gasteiger partial charge in [-0.05, 0) is 26.2 Å². The molecule has 7 nitrogen and oxygen atoms in total. The van der Waals surface area contributed by atoms with Crippen LogP contribution in [-0.2, 0) is 19.1 Å². The van der Waals surface area contributed by atoms with Crippen LogP contribution in [0.4, 0.5) is 0 Å². The number of hydrogen-bond acceptors (Lipinski definition) is 5. The van der Waals surface area contributed by atoms with Crippen molar-refractivity contribution in [3.63, 3.8) is 0 Å². The smallest absolute Gasteiger partial charge is 0.332 e. The number of carboxylic acids is 1. The fourth-order valence-corrected chi connectivity index (χ4v) is 2.40. The van der Waals surface area contributed by atoms with Crippen molar-refractivity contribution in [2.45, 2.75) is 39.2 Å². The summed E-state index contributed by atoms with van der Waals surface area (Å²) >= 11 is 0. The summed E-state index contributed by atoms with van der Waals surface area (Å²) in [6, 6.07) is -1.33. The molecule has 1 unspecified atom stereocenters. The summed E-state index contributed by atoms with van der Waals surface area (Å²) in [5.74, 6) is -2.08. The molecule has 0 saturated carbocycles. The van der Waals surface area contributed by atoms with E-state index >= 15 is 0 Å². The minimum Gasteiger partial charge on any atom is -0.481 e. The molecule has 0 spiro atoms. The summed E-state index contributed by atoms with van der Waals surface area (Å²) in [5.41, 5.74) is 4.78. The van der Waals surface area contributed by atoms with E-state index in [2.05, 4.69) is 0 Å². The molecule has 20 heavy (non-hydrogen) atoms. The van der Waals surface area contributed by atoms with Gasteiger partial charge in [-0.1, -0.05) is 6.92 Å². The minimum atomic E-state index is -1.33. The molecule has 114 valence electrons. The number of hydrogen-bond donors (Lipinski definition) is 2. The van der Waals surface area contributed by atoms with E-state index in [1.165, 1.54) is 4.90 Å². The Balaban J connectivity index is 2.63. The average Bonchev–Trinajstić information content (AvgIpc) is 2.45. The molecule has 0 radical (unpaired) electrons. The van der Waals surface area contributed by atoms with Crippen molar-refractivity contribution >= 4 is 17.8 Å². The van der Waals surface area contributed by atoms with Crippen LogP contribution in [0.15, 0.2) is 0 Å². The molecule has 1 fully saturated rings. The minimum absolute atomic E-state index is 0.164. The Morgan fingerprint density at radius 1 is 1.30 bits per heavy atom. The van der Waals surface area contributed by atoms with Gasteiger partial charge in [0.15, 0.2) is 6.04 Å². The molecule has 1 aliphatic heterocycles. The molecule has 0 aromatic rings. The third-order valence-electron chi connectivity index (χ3n) is 3.97. The standard InChI is InChI=1S/C13H22N2O5/c1-3-13(12(18)19)5-7-15(8-6-13)10(16)9(14)11(17)20-4-2/h9H,3-8,14H2,1-2H3,(H,18,19). The highest BCUT2D eigenvalue weighted by Crippen LogP contribution is 2.35. The van der Waals surface area contributed by atoms with Crippen LogP contribution in [0.3, 0.4) is 0 Å². The Kier molecular flexibility index (Phi) is 5.50. The number of nitrogens with two attached hydrogens (primary N) is 1. The quantitative estimate of drug-likeness (QED) is 0.543. The van der Waals surface area contributed by atoms with E-state index in [-0.39, 0.29) is 6.61 Å². The van der Waals surface area contributed by atoms with Gasteiger partial charge in [0.1, 0.15) is 0 Å². The van der Waals surface area contributed by atoms with Gasteiger partial charge in [-0.15, -0.1) is 0 Å². The summed E-state index contributed by atoms with van der Waals surface area (Å²) in [7, 11) is 0. The first kappa shape index (κ1) is 16.4. The Bertz CT molecular complexity index is 388. The fraction of sp³-hybridized carbons (Fsp3) is 0.769. The van der Waals surface area contributed by atoms with Gasteiger partial charge >= 0.3 is 11.9 Å². The predicted octanol–water partition coefficient (Wildman–Crippen LogP) is -0.0198. The lowest BCUT2D eigenvalue weighted by atomic mass is 9.76. The third-order valence-corrected chi connectivity index (χ3v) is 3.97. The number of rotatable bonds is 5. The highest BCUT2D eigenvalue weighted by Gasteiger charge is 2.42. The number of ether oxygens (including phenoxy) is 1. The molecule has 0 bridgehead atoms. The largest absolute Gasteiger partial charge is 0.481 e. The number of likely N-dealkylation sites (tertiary alicyclic amines) is 1. The topological polar surface area (TPSA) is 110 Å². The lowest BCUT2D eigenvalue weighted by molar-refractivity contribution is -0.157. The Morgan fingerprint density at radius 3 is 2.25 bits per heavy atom. The lowest BCUT2D eigenvalue weighted by Crippen LogP contribution is -2.53. The van der Waals surface area contributed by atoms with Crippen LogP contribution in [0, 0.1) is 5.41 Å². The fourth-order valence-electron chi connectivity index (χ4n) is 2.40. The monoisotopic (exact) mass is 286 g/mol. The van der Waals surface area contributed by atoms with Crippen LogP contribution in [0.5, 0.6) is 0 Å². The molecule has 1 atom stereocenters. The Morgan fingerprint density at radius 2 is 1.85 bits per heavy atom. The van der Waals surface area contributed by atoms with Gasteiger partial charge in [0.2, 0.25) is 0 Å². The second-order valence-electron chi connectivity index (χ2n) is 4.99. The molecular formula is C13H22N2O5. The Hall–Kier alpha value is -1.63. The highest BCUT2D eigenvalue weighted by molar-refractivity contribution is 6.01. The van der Waals surface area contributed by atoms with Crippen LogP contribution in [0.1, 0.15) is 33.1 Å². The maximum absolute atomic E-state index is 12.0. The molecule has 7 heteroatoms. The molecule has 0 aromatic heterocycles. The van der Waals surface area contributed by atoms with E-state index in [4.69, 9.17) is 10.5 Å². The summed E-state index contributed by atoms with van der Waals surface area (Å²) in [5, 5.41) is 9.28. The third kappa shape index (κ3) is 3.27. The van der Waals surface area contributed by atoms with E-state index in [0.29, 0.717) is 32.4 Å². The zero-order valence-corrected chi connectivity index (χ0v) is 11.9. The molecule has 0 aromatic carbocycles. The molecular weight excluding hydrogens is 264 g/mol. The van der Waals surface area contributed by atoms with Gasteiger partial charge in [-0.3, -0.25) is 9.59 Å². The van der Waals surface area contributed by atoms with Crippen molar-refractivity contribution in [2.24, 2.45) is 11.1 Å². The predicted molar refractivity (Wildman–Crippen MR) is 70.8 cm³/mol. The van der Waals surface area contributed by atoms with E-state index in [1.54, 1.807) is 6.92 Å². The number of esters is 1. The zero-order valence-electron chi connectivity index (χ0n) is 11.9. The lowest BCUT2D eigenvalue weighted by Gasteiger charge is -2.38. The maximum atomic E-state index is 12.0. The van der Waals surface area contributed by atoms with Crippen molar-refractivity contribution < 1.29 is 24.2 Å². The van der Waals surface area contributed by atoms with E-state index < -0.39 is 29.3 Å². The average molecular weight is 286 g/mol. The van der Waals surface area contributed by atoms with Crippen molar-refractivity contribution in [3.05, 3.63) is 0 Å². The number of amides is 1.